The summed E-state index contributed by atoms with van der Waals surface area (Å²) in [6.45, 7) is 6.15. The zero-order valence-corrected chi connectivity index (χ0v) is 12.6. The number of thioether (sulfide) groups is 1. The summed E-state index contributed by atoms with van der Waals surface area (Å²) in [7, 11) is 0. The number of carbonyl (C=O) groups excluding carboxylic acids is 1. The van der Waals surface area contributed by atoms with Crippen molar-refractivity contribution >= 4 is 17.7 Å². The topological polar surface area (TPSA) is 26.3 Å². The Labute approximate surface area is 117 Å². The summed E-state index contributed by atoms with van der Waals surface area (Å²) in [6.07, 6.45) is -2.72. The third kappa shape index (κ3) is 11.2. The van der Waals surface area contributed by atoms with E-state index in [0.717, 1.165) is 24.6 Å². The average molecular weight is 300 g/mol. The zero-order chi connectivity index (χ0) is 14.9. The van der Waals surface area contributed by atoms with E-state index in [0.29, 0.717) is 13.0 Å². The van der Waals surface area contributed by atoms with Crippen LogP contribution in [0.3, 0.4) is 0 Å². The molecular formula is C13H23F3O2S. The number of rotatable bonds is 9. The van der Waals surface area contributed by atoms with E-state index in [2.05, 4.69) is 0 Å². The molecule has 0 saturated carbocycles. The average Bonchev–Trinajstić information content (AvgIpc) is 2.29. The lowest BCUT2D eigenvalue weighted by Gasteiger charge is -2.16. The molecule has 19 heavy (non-hydrogen) atoms. The van der Waals surface area contributed by atoms with Gasteiger partial charge in [0.05, 0.1) is 13.0 Å². The third-order valence-corrected chi connectivity index (χ3v) is 3.62. The third-order valence-electron chi connectivity index (χ3n) is 2.35. The fraction of sp³-hybridized carbons (Fsp3) is 0.923. The maximum Gasteiger partial charge on any atom is 0.389 e. The Morgan fingerprint density at radius 2 is 1.95 bits per heavy atom. The highest BCUT2D eigenvalue weighted by Crippen LogP contribution is 2.26. The van der Waals surface area contributed by atoms with Crippen molar-refractivity contribution < 1.29 is 22.7 Å². The number of ether oxygens (including phenoxy) is 1. The predicted octanol–water partition coefficient (Wildman–Crippen LogP) is 4.43. The van der Waals surface area contributed by atoms with Crippen molar-refractivity contribution in [3.05, 3.63) is 0 Å². The van der Waals surface area contributed by atoms with Crippen LogP contribution in [0.1, 0.15) is 46.5 Å². The Morgan fingerprint density at radius 1 is 1.32 bits per heavy atom. The molecule has 1 unspecified atom stereocenters. The van der Waals surface area contributed by atoms with Crippen LogP contribution in [0.25, 0.3) is 0 Å². The van der Waals surface area contributed by atoms with Crippen LogP contribution in [0, 0.1) is 5.92 Å². The van der Waals surface area contributed by atoms with Gasteiger partial charge in [-0.05, 0) is 12.3 Å². The number of carbonyl (C=O) groups is 1. The van der Waals surface area contributed by atoms with Gasteiger partial charge in [-0.15, -0.1) is 11.8 Å². The summed E-state index contributed by atoms with van der Waals surface area (Å²) in [6, 6.07) is 0. The number of hydrogen-bond donors (Lipinski definition) is 0. The summed E-state index contributed by atoms with van der Waals surface area (Å²) in [5.41, 5.74) is 0. The van der Waals surface area contributed by atoms with Gasteiger partial charge in [-0.25, -0.2) is 0 Å². The summed E-state index contributed by atoms with van der Waals surface area (Å²) >= 11 is 1.05. The first kappa shape index (κ1) is 18.6. The minimum atomic E-state index is -4.16. The first-order valence-corrected chi connectivity index (χ1v) is 7.66. The molecular weight excluding hydrogens is 277 g/mol. The van der Waals surface area contributed by atoms with E-state index in [1.54, 1.807) is 0 Å². The van der Waals surface area contributed by atoms with Gasteiger partial charge in [-0.3, -0.25) is 4.79 Å². The molecule has 0 aromatic heterocycles. The lowest BCUT2D eigenvalue weighted by atomic mass is 10.2. The molecule has 114 valence electrons. The maximum absolute atomic E-state index is 12.1. The highest BCUT2D eigenvalue weighted by atomic mass is 32.2. The van der Waals surface area contributed by atoms with E-state index < -0.39 is 17.8 Å². The minimum absolute atomic E-state index is 0.0886. The monoisotopic (exact) mass is 300 g/mol. The minimum Gasteiger partial charge on any atom is -0.465 e. The molecule has 0 aliphatic heterocycles. The van der Waals surface area contributed by atoms with E-state index in [-0.39, 0.29) is 17.6 Å². The molecule has 0 saturated heterocycles. The van der Waals surface area contributed by atoms with E-state index in [1.807, 2.05) is 20.8 Å². The Kier molecular flexibility index (Phi) is 9.31. The van der Waals surface area contributed by atoms with Gasteiger partial charge in [0.2, 0.25) is 0 Å². The molecule has 0 fully saturated rings. The Hall–Kier alpha value is -0.390. The second-order valence-electron chi connectivity index (χ2n) is 4.89. The maximum atomic E-state index is 12.1. The number of unbranched alkanes of at least 4 members (excludes halogenated alkanes) is 1. The van der Waals surface area contributed by atoms with Crippen LogP contribution >= 0.6 is 11.8 Å². The van der Waals surface area contributed by atoms with E-state index >= 15 is 0 Å². The number of hydrogen-bond acceptors (Lipinski definition) is 3. The van der Waals surface area contributed by atoms with Gasteiger partial charge in [0.25, 0.3) is 0 Å². The molecule has 0 rings (SSSR count). The largest absolute Gasteiger partial charge is 0.465 e. The van der Waals surface area contributed by atoms with Gasteiger partial charge >= 0.3 is 12.1 Å². The molecule has 0 heterocycles. The van der Waals surface area contributed by atoms with Crippen molar-refractivity contribution in [1.82, 2.24) is 0 Å². The molecule has 0 spiro atoms. The van der Waals surface area contributed by atoms with Crippen LogP contribution in [0.15, 0.2) is 0 Å². The summed E-state index contributed by atoms with van der Waals surface area (Å²) in [4.78, 5) is 11.8. The van der Waals surface area contributed by atoms with Crippen LogP contribution in [0.2, 0.25) is 0 Å². The Bertz CT molecular complexity index is 255. The predicted molar refractivity (Wildman–Crippen MR) is 72.2 cm³/mol. The molecule has 0 radical (unpaired) electrons. The van der Waals surface area contributed by atoms with Gasteiger partial charge in [-0.1, -0.05) is 33.6 Å². The van der Waals surface area contributed by atoms with Crippen molar-refractivity contribution in [2.24, 2.45) is 5.92 Å². The first-order valence-electron chi connectivity index (χ1n) is 6.61. The smallest absolute Gasteiger partial charge is 0.389 e. The van der Waals surface area contributed by atoms with Crippen LogP contribution in [-0.2, 0) is 9.53 Å². The standard InChI is InChI=1S/C13H23F3O2S/c1-4-5-6-11(12(17)18-9-10(2)3)19-8-7-13(14,15)16/h10-11H,4-9H2,1-3H3. The molecule has 0 N–H and O–H groups in total. The van der Waals surface area contributed by atoms with Gasteiger partial charge in [0, 0.05) is 5.75 Å². The van der Waals surface area contributed by atoms with E-state index in [1.165, 1.54) is 0 Å². The fourth-order valence-electron chi connectivity index (χ4n) is 1.32. The molecule has 6 heteroatoms. The molecule has 0 amide bonds. The molecule has 1 atom stereocenters. The van der Waals surface area contributed by atoms with E-state index in [9.17, 15) is 18.0 Å². The van der Waals surface area contributed by atoms with Gasteiger partial charge in [0.15, 0.2) is 0 Å². The highest BCUT2D eigenvalue weighted by Gasteiger charge is 2.28. The Morgan fingerprint density at radius 3 is 2.42 bits per heavy atom. The normalized spacial score (nSPS) is 13.6. The second-order valence-corrected chi connectivity index (χ2v) is 6.20. The zero-order valence-electron chi connectivity index (χ0n) is 11.8. The Balaban J connectivity index is 4.17. The summed E-state index contributed by atoms with van der Waals surface area (Å²) in [5, 5.41) is -0.471. The van der Waals surface area contributed by atoms with Crippen LogP contribution < -0.4 is 0 Å². The second kappa shape index (κ2) is 9.50. The lowest BCUT2D eigenvalue weighted by Crippen LogP contribution is -2.23. The van der Waals surface area contributed by atoms with Crippen LogP contribution in [-0.4, -0.2) is 29.8 Å². The van der Waals surface area contributed by atoms with Crippen molar-refractivity contribution in [3.8, 4) is 0 Å². The molecule has 0 aliphatic carbocycles. The van der Waals surface area contributed by atoms with Crippen LogP contribution in [0.5, 0.6) is 0 Å². The van der Waals surface area contributed by atoms with E-state index in [4.69, 9.17) is 4.74 Å². The number of alkyl halides is 3. The lowest BCUT2D eigenvalue weighted by molar-refractivity contribution is -0.144. The van der Waals surface area contributed by atoms with Gasteiger partial charge < -0.3 is 4.74 Å². The SMILES string of the molecule is CCCCC(SCCC(F)(F)F)C(=O)OCC(C)C. The van der Waals surface area contributed by atoms with Crippen molar-refractivity contribution in [2.75, 3.05) is 12.4 Å². The van der Waals surface area contributed by atoms with Crippen molar-refractivity contribution in [1.29, 1.82) is 0 Å². The molecule has 0 aromatic carbocycles. The number of esters is 1. The van der Waals surface area contributed by atoms with Gasteiger partial charge in [-0.2, -0.15) is 13.2 Å². The quantitative estimate of drug-likeness (QED) is 0.589. The summed E-state index contributed by atoms with van der Waals surface area (Å²) < 4.78 is 41.4. The fourth-order valence-corrected chi connectivity index (χ4v) is 2.49. The highest BCUT2D eigenvalue weighted by molar-refractivity contribution is 8.00. The first-order chi connectivity index (χ1) is 8.76. The van der Waals surface area contributed by atoms with Crippen LogP contribution in [0.4, 0.5) is 13.2 Å². The molecule has 0 bridgehead atoms. The molecule has 0 aromatic rings. The number of halogens is 3. The van der Waals surface area contributed by atoms with Gasteiger partial charge in [0.1, 0.15) is 5.25 Å². The van der Waals surface area contributed by atoms with Crippen molar-refractivity contribution in [3.63, 3.8) is 0 Å². The molecule has 0 aliphatic rings. The van der Waals surface area contributed by atoms with Crippen molar-refractivity contribution in [2.45, 2.75) is 57.9 Å². The molecule has 2 nitrogen and oxygen atoms in total. The summed E-state index contributed by atoms with van der Waals surface area (Å²) in [5.74, 6) is -0.237.